The first-order valence-electron chi connectivity index (χ1n) is 17.5. The molecule has 2 heteroatoms. The highest BCUT2D eigenvalue weighted by Crippen LogP contribution is 2.47. The maximum Gasteiger partial charge on any atom is 0.146 e. The summed E-state index contributed by atoms with van der Waals surface area (Å²) in [6.07, 6.45) is 0. The van der Waals surface area contributed by atoms with Gasteiger partial charge in [-0.3, -0.25) is 4.57 Å². The molecule has 210 valence electrons. The summed E-state index contributed by atoms with van der Waals surface area (Å²) in [6.45, 7) is 0. The zero-order valence-electron chi connectivity index (χ0n) is 29.2. The molecule has 0 atom stereocenters. The lowest BCUT2D eigenvalue weighted by Gasteiger charge is -2.20. The van der Waals surface area contributed by atoms with Crippen LogP contribution >= 0.6 is 0 Å². The summed E-state index contributed by atoms with van der Waals surface area (Å²) in [6, 6.07) is 45.8. The van der Waals surface area contributed by atoms with Crippen molar-refractivity contribution in [3.05, 3.63) is 170 Å². The fourth-order valence-electron chi connectivity index (χ4n) is 6.84. The van der Waals surface area contributed by atoms with Gasteiger partial charge in [0.05, 0.1) is 17.9 Å². The second-order valence-electron chi connectivity index (χ2n) is 11.1. The van der Waals surface area contributed by atoms with Crippen molar-refractivity contribution >= 4 is 43.4 Å². The minimum Gasteiger partial charge on any atom is -0.292 e. The summed E-state index contributed by atoms with van der Waals surface area (Å²) in [7, 11) is 0. The molecule has 8 aromatic carbocycles. The third kappa shape index (κ3) is 4.00. The lowest BCUT2D eigenvalue weighted by Crippen LogP contribution is -1.99. The van der Waals surface area contributed by atoms with Gasteiger partial charge < -0.3 is 0 Å². The third-order valence-corrected chi connectivity index (χ3v) is 8.70. The summed E-state index contributed by atoms with van der Waals surface area (Å²) < 4.78 is 44.8. The van der Waals surface area contributed by atoms with E-state index in [0.717, 1.165) is 38.2 Å². The van der Waals surface area contributed by atoms with E-state index in [1.807, 2.05) is 42.5 Å². The molecule has 0 N–H and O–H groups in total. The Bertz CT molecular complexity index is 2750. The minimum atomic E-state index is -0.431. The van der Waals surface area contributed by atoms with E-state index >= 15 is 0 Å². The average Bonchev–Trinajstić information content (AvgIpc) is 3.54. The highest BCUT2D eigenvalue weighted by atomic mass is 15.1. The van der Waals surface area contributed by atoms with Crippen molar-refractivity contribution in [1.29, 1.82) is 0 Å². The number of benzene rings is 8. The van der Waals surface area contributed by atoms with Crippen molar-refractivity contribution < 1.29 is 6.85 Å². The van der Waals surface area contributed by atoms with Crippen LogP contribution in [0, 0.1) is 0 Å². The molecule has 0 spiro atoms. The number of nitrogens with zero attached hydrogens (tertiary/aromatic N) is 2. The van der Waals surface area contributed by atoms with Crippen molar-refractivity contribution in [3.63, 3.8) is 0 Å². The molecule has 9 rings (SSSR count). The molecular weight excluding hydrogens is 544 g/mol. The number of fused-ring (bicyclic) bond motifs is 4. The van der Waals surface area contributed by atoms with Crippen LogP contribution in [-0.2, 0) is 0 Å². The van der Waals surface area contributed by atoms with Crippen LogP contribution in [-0.4, -0.2) is 9.55 Å². The van der Waals surface area contributed by atoms with E-state index in [9.17, 15) is 0 Å². The van der Waals surface area contributed by atoms with E-state index in [1.54, 1.807) is 4.57 Å². The Kier molecular flexibility index (Phi) is 4.78. The topological polar surface area (TPSA) is 17.8 Å². The highest BCUT2D eigenvalue weighted by molar-refractivity contribution is 6.24. The number of para-hydroxylation sites is 3. The fraction of sp³-hybridized carbons (Fsp3) is 0. The van der Waals surface area contributed by atoms with Crippen LogP contribution in [0.3, 0.4) is 0 Å². The lowest BCUT2D eigenvalue weighted by atomic mass is 9.83. The molecule has 0 saturated heterocycles. The first kappa shape index (κ1) is 20.8. The fourth-order valence-corrected chi connectivity index (χ4v) is 6.84. The Hall–Kier alpha value is -5.99. The van der Waals surface area contributed by atoms with Crippen molar-refractivity contribution in [2.45, 2.75) is 0 Å². The van der Waals surface area contributed by atoms with Gasteiger partial charge in [-0.2, -0.15) is 0 Å². The molecule has 1 heterocycles. The quantitative estimate of drug-likeness (QED) is 0.190. The minimum absolute atomic E-state index is 0.0653. The van der Waals surface area contributed by atoms with Gasteiger partial charge in [-0.05, 0) is 78.8 Å². The van der Waals surface area contributed by atoms with Crippen LogP contribution in [0.15, 0.2) is 170 Å². The van der Waals surface area contributed by atoms with Crippen LogP contribution < -0.4 is 0 Å². The van der Waals surface area contributed by atoms with Crippen LogP contribution in [0.25, 0.3) is 82.7 Å². The number of hydrogen-bond donors (Lipinski definition) is 0. The Morgan fingerprint density at radius 1 is 0.444 bits per heavy atom. The number of imidazole rings is 1. The summed E-state index contributed by atoms with van der Waals surface area (Å²) in [5.41, 5.74) is 6.45. The van der Waals surface area contributed by atoms with E-state index < -0.39 is 6.04 Å². The Labute approximate surface area is 268 Å². The van der Waals surface area contributed by atoms with Crippen molar-refractivity contribution in [1.82, 2.24) is 9.55 Å². The van der Waals surface area contributed by atoms with Gasteiger partial charge in [-0.25, -0.2) is 4.98 Å². The molecule has 45 heavy (non-hydrogen) atoms. The smallest absolute Gasteiger partial charge is 0.146 e. The first-order valence-corrected chi connectivity index (χ1v) is 15.0. The largest absolute Gasteiger partial charge is 0.292 e. The van der Waals surface area contributed by atoms with Gasteiger partial charge in [0, 0.05) is 11.3 Å². The van der Waals surface area contributed by atoms with Crippen LogP contribution in [0.5, 0.6) is 0 Å². The summed E-state index contributed by atoms with van der Waals surface area (Å²) in [5, 5.41) is 6.75. The standard InChI is InChI=1S/C43H28N2/c1-2-17-30(18-3-1)45-40-28-13-12-27-39(40)44-43(45)38-25-11-10-24-37(38)42-35-22-8-6-20-33(35)41(34-21-7-9-23-36(34)42)32-26-14-16-29-15-4-5-19-31(29)32/h1-28H/i1D,2D,3D,17D,18D. The van der Waals surface area contributed by atoms with E-state index in [-0.39, 0.29) is 29.9 Å². The summed E-state index contributed by atoms with van der Waals surface area (Å²) in [4.78, 5) is 5.10. The predicted octanol–water partition coefficient (Wildman–Crippen LogP) is 11.5. The van der Waals surface area contributed by atoms with Gasteiger partial charge >= 0.3 is 0 Å². The second-order valence-corrected chi connectivity index (χ2v) is 11.1. The molecule has 9 aromatic rings. The lowest BCUT2D eigenvalue weighted by molar-refractivity contribution is 1.10. The molecule has 0 bridgehead atoms. The zero-order valence-corrected chi connectivity index (χ0v) is 24.2. The predicted molar refractivity (Wildman–Crippen MR) is 190 cm³/mol. The van der Waals surface area contributed by atoms with E-state index in [4.69, 9.17) is 11.8 Å². The van der Waals surface area contributed by atoms with Crippen molar-refractivity contribution in [3.8, 4) is 39.3 Å². The monoisotopic (exact) mass is 577 g/mol. The highest BCUT2D eigenvalue weighted by Gasteiger charge is 2.22. The summed E-state index contributed by atoms with van der Waals surface area (Å²) in [5.74, 6) is 0.492. The Balaban J connectivity index is 1.41. The third-order valence-electron chi connectivity index (χ3n) is 8.70. The van der Waals surface area contributed by atoms with Gasteiger partial charge in [0.2, 0.25) is 0 Å². The van der Waals surface area contributed by atoms with Gasteiger partial charge in [-0.15, -0.1) is 0 Å². The molecule has 0 aliphatic rings. The van der Waals surface area contributed by atoms with Gasteiger partial charge in [0.15, 0.2) is 0 Å². The van der Waals surface area contributed by atoms with Crippen molar-refractivity contribution in [2.75, 3.05) is 0 Å². The Morgan fingerprint density at radius 3 is 1.67 bits per heavy atom. The first-order chi connectivity index (χ1) is 24.4. The molecule has 1 aromatic heterocycles. The van der Waals surface area contributed by atoms with E-state index in [0.29, 0.717) is 16.9 Å². The molecule has 0 amide bonds. The maximum absolute atomic E-state index is 8.92. The van der Waals surface area contributed by atoms with Crippen LogP contribution in [0.1, 0.15) is 6.85 Å². The van der Waals surface area contributed by atoms with Gasteiger partial charge in [0.25, 0.3) is 0 Å². The SMILES string of the molecule is [2H]c1c([2H])c([2H])c(-n2c(-c3ccccc3-c3c4ccccc4c(-c4cccc5ccccc45)c4ccccc34)nc3ccccc32)c([2H])c1[2H]. The zero-order chi connectivity index (χ0) is 34.1. The second kappa shape index (κ2) is 10.3. The molecule has 0 saturated carbocycles. The van der Waals surface area contributed by atoms with E-state index in [2.05, 4.69) is 97.1 Å². The van der Waals surface area contributed by atoms with Gasteiger partial charge in [0.1, 0.15) is 5.82 Å². The molecule has 0 unspecified atom stereocenters. The maximum atomic E-state index is 8.92. The molecule has 0 fully saturated rings. The van der Waals surface area contributed by atoms with E-state index in [1.165, 1.54) is 21.9 Å². The number of rotatable bonds is 4. The average molecular weight is 578 g/mol. The molecular formula is C43H28N2. The molecule has 0 aliphatic heterocycles. The van der Waals surface area contributed by atoms with Crippen LogP contribution in [0.2, 0.25) is 0 Å². The van der Waals surface area contributed by atoms with Crippen molar-refractivity contribution in [2.24, 2.45) is 0 Å². The molecule has 0 aliphatic carbocycles. The normalized spacial score (nSPS) is 13.1. The van der Waals surface area contributed by atoms with Crippen LogP contribution in [0.4, 0.5) is 0 Å². The Morgan fingerprint density at radius 2 is 0.956 bits per heavy atom. The molecule has 0 radical (unpaired) electrons. The van der Waals surface area contributed by atoms with Gasteiger partial charge in [-0.1, -0.05) is 146 Å². The number of hydrogen-bond acceptors (Lipinski definition) is 1. The summed E-state index contributed by atoms with van der Waals surface area (Å²) >= 11 is 0. The number of aromatic nitrogens is 2. The molecule has 2 nitrogen and oxygen atoms in total.